The molecule has 0 aliphatic heterocycles. The van der Waals surface area contributed by atoms with Crippen LogP contribution in [-0.2, 0) is 11.3 Å². The van der Waals surface area contributed by atoms with Gasteiger partial charge in [-0.05, 0) is 23.8 Å². The van der Waals surface area contributed by atoms with Crippen molar-refractivity contribution in [2.75, 3.05) is 7.11 Å². The van der Waals surface area contributed by atoms with Gasteiger partial charge in [0.25, 0.3) is 5.56 Å². The molecule has 2 rings (SSSR count). The summed E-state index contributed by atoms with van der Waals surface area (Å²) < 4.78 is 6.07. The zero-order chi connectivity index (χ0) is 13.0. The molecule has 0 aromatic carbocycles. The van der Waals surface area contributed by atoms with E-state index in [-0.39, 0.29) is 11.1 Å². The zero-order valence-electron chi connectivity index (χ0n) is 9.87. The lowest BCUT2D eigenvalue weighted by Crippen LogP contribution is -2.21. The largest absolute Gasteiger partial charge is 0.465 e. The summed E-state index contributed by atoms with van der Waals surface area (Å²) in [6.45, 7) is 0.447. The van der Waals surface area contributed by atoms with E-state index >= 15 is 0 Å². The summed E-state index contributed by atoms with van der Waals surface area (Å²) in [5, 5.41) is 0. The quantitative estimate of drug-likeness (QED) is 0.758. The number of carbonyl (C=O) groups excluding carboxylic acids is 1. The molecular formula is C13H12N2O3. The molecule has 0 N–H and O–H groups in total. The number of methoxy groups -OCH3 is 1. The maximum Gasteiger partial charge on any atom is 0.338 e. The van der Waals surface area contributed by atoms with E-state index < -0.39 is 5.97 Å². The maximum absolute atomic E-state index is 11.8. The number of aromatic nitrogens is 2. The highest BCUT2D eigenvalue weighted by atomic mass is 16.5. The zero-order valence-corrected chi connectivity index (χ0v) is 9.87. The summed E-state index contributed by atoms with van der Waals surface area (Å²) in [7, 11) is 1.28. The van der Waals surface area contributed by atoms with Gasteiger partial charge in [0.15, 0.2) is 0 Å². The summed E-state index contributed by atoms with van der Waals surface area (Å²) in [5.41, 5.74) is 0.987. The molecular weight excluding hydrogens is 232 g/mol. The fraction of sp³-hybridized carbons (Fsp3) is 0.154. The summed E-state index contributed by atoms with van der Waals surface area (Å²) in [6.07, 6.45) is 4.92. The number of carbonyl (C=O) groups is 1. The van der Waals surface area contributed by atoms with Gasteiger partial charge >= 0.3 is 5.97 Å². The van der Waals surface area contributed by atoms with Gasteiger partial charge in [0.05, 0.1) is 19.2 Å². The Morgan fingerprint density at radius 1 is 1.33 bits per heavy atom. The minimum absolute atomic E-state index is 0.241. The third-order valence-electron chi connectivity index (χ3n) is 2.52. The molecule has 0 saturated carbocycles. The first-order valence-corrected chi connectivity index (χ1v) is 5.38. The first-order valence-electron chi connectivity index (χ1n) is 5.38. The molecule has 92 valence electrons. The van der Waals surface area contributed by atoms with Crippen LogP contribution in [0.3, 0.4) is 0 Å². The van der Waals surface area contributed by atoms with Gasteiger partial charge in [-0.1, -0.05) is 0 Å². The van der Waals surface area contributed by atoms with Crippen LogP contribution in [0.2, 0.25) is 0 Å². The SMILES string of the molecule is COC(=O)c1ccn(Cc2ccncc2)c(=O)c1. The van der Waals surface area contributed by atoms with Crippen molar-refractivity contribution in [2.45, 2.75) is 6.54 Å². The predicted molar refractivity (Wildman–Crippen MR) is 65.4 cm³/mol. The molecule has 0 spiro atoms. The van der Waals surface area contributed by atoms with Gasteiger partial charge in [0.1, 0.15) is 0 Å². The van der Waals surface area contributed by atoms with Gasteiger partial charge in [-0.15, -0.1) is 0 Å². The standard InChI is InChI=1S/C13H12N2O3/c1-18-13(17)11-4-7-15(12(16)8-11)9-10-2-5-14-6-3-10/h2-8H,9H2,1H3. The highest BCUT2D eigenvalue weighted by Gasteiger charge is 2.07. The highest BCUT2D eigenvalue weighted by molar-refractivity contribution is 5.88. The highest BCUT2D eigenvalue weighted by Crippen LogP contribution is 2.01. The van der Waals surface area contributed by atoms with Crippen molar-refractivity contribution >= 4 is 5.97 Å². The van der Waals surface area contributed by atoms with Gasteiger partial charge in [0.2, 0.25) is 0 Å². The smallest absolute Gasteiger partial charge is 0.338 e. The molecule has 18 heavy (non-hydrogen) atoms. The lowest BCUT2D eigenvalue weighted by molar-refractivity contribution is 0.0600. The number of pyridine rings is 2. The molecule has 5 nitrogen and oxygen atoms in total. The van der Waals surface area contributed by atoms with Crippen molar-refractivity contribution in [3.8, 4) is 0 Å². The van der Waals surface area contributed by atoms with Crippen molar-refractivity contribution < 1.29 is 9.53 Å². The van der Waals surface area contributed by atoms with Crippen LogP contribution in [0.5, 0.6) is 0 Å². The Hall–Kier alpha value is -2.43. The number of nitrogens with zero attached hydrogens (tertiary/aromatic N) is 2. The van der Waals surface area contributed by atoms with Crippen molar-refractivity contribution in [3.63, 3.8) is 0 Å². The molecule has 0 fully saturated rings. The van der Waals surface area contributed by atoms with Crippen molar-refractivity contribution in [3.05, 3.63) is 64.3 Å². The van der Waals surface area contributed by atoms with Crippen LogP contribution >= 0.6 is 0 Å². The minimum atomic E-state index is -0.511. The van der Waals surface area contributed by atoms with E-state index in [4.69, 9.17) is 0 Å². The fourth-order valence-corrected chi connectivity index (χ4v) is 1.57. The average molecular weight is 244 g/mol. The second-order valence-corrected chi connectivity index (χ2v) is 3.73. The summed E-state index contributed by atoms with van der Waals surface area (Å²) in [4.78, 5) is 27.0. The van der Waals surface area contributed by atoms with Gasteiger partial charge in [-0.3, -0.25) is 9.78 Å². The van der Waals surface area contributed by atoms with E-state index in [9.17, 15) is 9.59 Å². The maximum atomic E-state index is 11.8. The van der Waals surface area contributed by atoms with Crippen LogP contribution in [0.15, 0.2) is 47.7 Å². The normalized spacial score (nSPS) is 10.1. The van der Waals surface area contributed by atoms with Gasteiger partial charge in [0, 0.05) is 24.7 Å². The molecule has 0 saturated heterocycles. The van der Waals surface area contributed by atoms with Crippen LogP contribution < -0.4 is 5.56 Å². The number of hydrogen-bond acceptors (Lipinski definition) is 4. The Balaban J connectivity index is 2.26. The van der Waals surface area contributed by atoms with Crippen LogP contribution in [0.25, 0.3) is 0 Å². The van der Waals surface area contributed by atoms with Crippen LogP contribution in [-0.4, -0.2) is 22.6 Å². The molecule has 0 amide bonds. The predicted octanol–water partition coefficient (Wildman–Crippen LogP) is 1.08. The summed E-state index contributed by atoms with van der Waals surface area (Å²) >= 11 is 0. The first kappa shape index (κ1) is 12.0. The lowest BCUT2D eigenvalue weighted by Gasteiger charge is -2.06. The van der Waals surface area contributed by atoms with E-state index in [0.717, 1.165) is 5.56 Å². The van der Waals surface area contributed by atoms with Crippen molar-refractivity contribution in [1.29, 1.82) is 0 Å². The molecule has 0 aliphatic carbocycles. The molecule has 0 atom stereocenters. The monoisotopic (exact) mass is 244 g/mol. The second kappa shape index (κ2) is 5.27. The number of esters is 1. The van der Waals surface area contributed by atoms with Crippen molar-refractivity contribution in [2.24, 2.45) is 0 Å². The Morgan fingerprint density at radius 2 is 2.06 bits per heavy atom. The van der Waals surface area contributed by atoms with E-state index in [1.165, 1.54) is 17.7 Å². The molecule has 0 radical (unpaired) electrons. The Kier molecular flexibility index (Phi) is 3.52. The molecule has 5 heteroatoms. The van der Waals surface area contributed by atoms with Crippen LogP contribution in [0.1, 0.15) is 15.9 Å². The number of rotatable bonds is 3. The van der Waals surface area contributed by atoms with Crippen LogP contribution in [0.4, 0.5) is 0 Å². The van der Waals surface area contributed by atoms with Crippen LogP contribution in [0, 0.1) is 0 Å². The van der Waals surface area contributed by atoms with Gasteiger partial charge < -0.3 is 9.30 Å². The molecule has 2 heterocycles. The molecule has 0 unspecified atom stereocenters. The molecule has 2 aromatic rings. The lowest BCUT2D eigenvalue weighted by atomic mass is 10.2. The molecule has 0 aliphatic rings. The molecule has 0 bridgehead atoms. The Labute approximate surface area is 104 Å². The summed E-state index contributed by atoms with van der Waals surface area (Å²) in [5.74, 6) is -0.511. The topological polar surface area (TPSA) is 61.2 Å². The van der Waals surface area contributed by atoms with E-state index in [2.05, 4.69) is 9.72 Å². The summed E-state index contributed by atoms with van der Waals surface area (Å²) in [6, 6.07) is 6.50. The van der Waals surface area contributed by atoms with Crippen molar-refractivity contribution in [1.82, 2.24) is 9.55 Å². The fourth-order valence-electron chi connectivity index (χ4n) is 1.57. The number of ether oxygens (including phenoxy) is 1. The Morgan fingerprint density at radius 3 is 2.67 bits per heavy atom. The minimum Gasteiger partial charge on any atom is -0.465 e. The van der Waals surface area contributed by atoms with E-state index in [0.29, 0.717) is 6.54 Å². The van der Waals surface area contributed by atoms with Gasteiger partial charge in [-0.25, -0.2) is 4.79 Å². The third kappa shape index (κ3) is 2.63. The van der Waals surface area contributed by atoms with E-state index in [1.54, 1.807) is 24.7 Å². The number of hydrogen-bond donors (Lipinski definition) is 0. The third-order valence-corrected chi connectivity index (χ3v) is 2.52. The average Bonchev–Trinajstić information content (AvgIpc) is 2.41. The van der Waals surface area contributed by atoms with E-state index in [1.807, 2.05) is 12.1 Å². The molecule has 2 aromatic heterocycles. The van der Waals surface area contributed by atoms with Gasteiger partial charge in [-0.2, -0.15) is 0 Å². The Bertz CT molecular complexity index is 605. The second-order valence-electron chi connectivity index (χ2n) is 3.73. The first-order chi connectivity index (χ1) is 8.70.